The van der Waals surface area contributed by atoms with Crippen molar-refractivity contribution < 1.29 is 23.9 Å². The lowest BCUT2D eigenvalue weighted by Gasteiger charge is -2.17. The maximum atomic E-state index is 12.3. The number of ether oxygens (including phenoxy) is 1. The number of ketones is 1. The molecule has 7 nitrogen and oxygen atoms in total. The first-order chi connectivity index (χ1) is 8.83. The fourth-order valence-corrected chi connectivity index (χ4v) is 2.35. The second-order valence-electron chi connectivity index (χ2n) is 4.53. The Labute approximate surface area is 109 Å². The van der Waals surface area contributed by atoms with Gasteiger partial charge < -0.3 is 9.64 Å². The quantitative estimate of drug-likeness (QED) is 0.521. The van der Waals surface area contributed by atoms with Gasteiger partial charge in [0, 0.05) is 31.8 Å². The number of carbonyl (C=O) groups excluding carboxylic acids is 4. The van der Waals surface area contributed by atoms with Gasteiger partial charge >= 0.3 is 6.09 Å². The van der Waals surface area contributed by atoms with Crippen molar-refractivity contribution in [2.45, 2.75) is 25.9 Å². The Morgan fingerprint density at radius 2 is 2.00 bits per heavy atom. The molecule has 0 aliphatic carbocycles. The van der Waals surface area contributed by atoms with Crippen molar-refractivity contribution in [3.8, 4) is 0 Å². The number of likely N-dealkylation sites (N-methyl/N-ethyl adjacent to an activating group) is 2. The van der Waals surface area contributed by atoms with Gasteiger partial charge in [-0.1, -0.05) is 0 Å². The summed E-state index contributed by atoms with van der Waals surface area (Å²) in [5, 5.41) is 0. The van der Waals surface area contributed by atoms with Gasteiger partial charge in [-0.15, -0.1) is 0 Å². The third-order valence-corrected chi connectivity index (χ3v) is 3.24. The van der Waals surface area contributed by atoms with Crippen molar-refractivity contribution in [1.29, 1.82) is 0 Å². The number of imide groups is 1. The largest absolute Gasteiger partial charge is 0.422 e. The molecule has 2 rings (SSSR count). The Balaban J connectivity index is 2.46. The molecule has 2 saturated heterocycles. The van der Waals surface area contributed by atoms with Crippen molar-refractivity contribution >= 4 is 23.7 Å². The van der Waals surface area contributed by atoms with E-state index in [1.54, 1.807) is 6.92 Å². The number of amides is 3. The minimum Gasteiger partial charge on any atom is -0.422 e. The lowest BCUT2D eigenvalue weighted by Crippen LogP contribution is -2.47. The summed E-state index contributed by atoms with van der Waals surface area (Å²) in [6.07, 6.45) is 0.350. The zero-order valence-electron chi connectivity index (χ0n) is 10.9. The molecule has 7 heteroatoms. The van der Waals surface area contributed by atoms with Gasteiger partial charge in [0.05, 0.1) is 0 Å². The first-order valence-electron chi connectivity index (χ1n) is 5.87. The predicted molar refractivity (Wildman–Crippen MR) is 62.8 cm³/mol. The van der Waals surface area contributed by atoms with E-state index < -0.39 is 23.5 Å². The van der Waals surface area contributed by atoms with E-state index in [4.69, 9.17) is 4.74 Å². The molecule has 0 aromatic carbocycles. The Morgan fingerprint density at radius 3 is 2.42 bits per heavy atom. The van der Waals surface area contributed by atoms with E-state index in [-0.39, 0.29) is 12.2 Å². The number of nitrogens with zero attached hydrogens (tertiary/aromatic N) is 2. The third-order valence-electron chi connectivity index (χ3n) is 3.24. The Hall–Kier alpha value is -2.18. The molecule has 0 radical (unpaired) electrons. The van der Waals surface area contributed by atoms with Gasteiger partial charge in [-0.3, -0.25) is 14.4 Å². The smallest absolute Gasteiger partial charge is 0.417 e. The Morgan fingerprint density at radius 1 is 1.37 bits per heavy atom. The van der Waals surface area contributed by atoms with E-state index >= 15 is 0 Å². The molecule has 2 heterocycles. The molecule has 0 N–H and O–H groups in total. The number of hydrogen-bond donors (Lipinski definition) is 0. The summed E-state index contributed by atoms with van der Waals surface area (Å²) in [5.41, 5.74) is -1.42. The van der Waals surface area contributed by atoms with Crippen molar-refractivity contribution in [1.82, 2.24) is 9.80 Å². The second-order valence-corrected chi connectivity index (χ2v) is 4.53. The van der Waals surface area contributed by atoms with E-state index in [0.29, 0.717) is 12.2 Å². The number of likely N-dealkylation sites (tertiary alicyclic amines) is 1. The van der Waals surface area contributed by atoms with Crippen LogP contribution in [0.5, 0.6) is 0 Å². The van der Waals surface area contributed by atoms with Crippen molar-refractivity contribution in [2.75, 3.05) is 13.6 Å². The molecule has 1 spiro atoms. The molecule has 102 valence electrons. The SMILES string of the molecule is CCN1C(=O)[C@@]2(C/C1=C\C(C)=O)OC(=O)N(C)C2=O. The summed E-state index contributed by atoms with van der Waals surface area (Å²) in [6, 6.07) is 0. The number of rotatable bonds is 2. The van der Waals surface area contributed by atoms with Gasteiger partial charge in [-0.25, -0.2) is 9.69 Å². The van der Waals surface area contributed by atoms with Crippen LogP contribution in [0.1, 0.15) is 20.3 Å². The minimum absolute atomic E-state index is 0.0891. The molecule has 3 amide bonds. The number of carbonyl (C=O) groups is 4. The van der Waals surface area contributed by atoms with E-state index in [1.807, 2.05) is 0 Å². The fraction of sp³-hybridized carbons (Fsp3) is 0.500. The number of hydrogen-bond acceptors (Lipinski definition) is 5. The van der Waals surface area contributed by atoms with Gasteiger partial charge in [0.25, 0.3) is 17.4 Å². The fourth-order valence-electron chi connectivity index (χ4n) is 2.35. The molecule has 1 atom stereocenters. The lowest BCUT2D eigenvalue weighted by molar-refractivity contribution is -0.150. The van der Waals surface area contributed by atoms with Crippen molar-refractivity contribution in [3.05, 3.63) is 11.8 Å². The average Bonchev–Trinajstić information content (AvgIpc) is 2.70. The van der Waals surface area contributed by atoms with Gasteiger partial charge in [-0.2, -0.15) is 0 Å². The van der Waals surface area contributed by atoms with E-state index in [0.717, 1.165) is 4.90 Å². The Kier molecular flexibility index (Phi) is 2.92. The normalized spacial score (nSPS) is 28.8. The predicted octanol–water partition coefficient (Wildman–Crippen LogP) is 0.0589. The van der Waals surface area contributed by atoms with Gasteiger partial charge in [0.1, 0.15) is 0 Å². The van der Waals surface area contributed by atoms with Gasteiger partial charge in [0.2, 0.25) is 0 Å². The molecule has 0 aromatic heterocycles. The van der Waals surface area contributed by atoms with E-state index in [1.165, 1.54) is 24.9 Å². The van der Waals surface area contributed by atoms with Crippen LogP contribution in [0.25, 0.3) is 0 Å². The van der Waals surface area contributed by atoms with E-state index in [2.05, 4.69) is 0 Å². The first-order valence-corrected chi connectivity index (χ1v) is 5.87. The zero-order chi connectivity index (χ0) is 14.4. The van der Waals surface area contributed by atoms with Crippen LogP contribution in [0, 0.1) is 0 Å². The van der Waals surface area contributed by atoms with Crippen LogP contribution in [0.15, 0.2) is 11.8 Å². The highest BCUT2D eigenvalue weighted by atomic mass is 16.6. The molecular weight excluding hydrogens is 252 g/mol. The highest BCUT2D eigenvalue weighted by Gasteiger charge is 2.64. The average molecular weight is 266 g/mol. The molecule has 2 fully saturated rings. The highest BCUT2D eigenvalue weighted by Crippen LogP contribution is 2.39. The molecular formula is C12H14N2O5. The first kappa shape index (κ1) is 13.3. The Bertz CT molecular complexity index is 524. The summed E-state index contributed by atoms with van der Waals surface area (Å²) in [4.78, 5) is 49.0. The van der Waals surface area contributed by atoms with Crippen LogP contribution >= 0.6 is 0 Å². The molecule has 19 heavy (non-hydrogen) atoms. The van der Waals surface area contributed by atoms with Gasteiger partial charge in [-0.05, 0) is 13.8 Å². The molecule has 2 aliphatic rings. The standard InChI is InChI=1S/C12H14N2O5/c1-4-14-8(5-7(2)15)6-12(10(14)17)9(16)13(3)11(18)19-12/h5H,4,6H2,1-3H3/b8-5+/t12-/m0/s1. The maximum Gasteiger partial charge on any atom is 0.417 e. The van der Waals surface area contributed by atoms with Crippen LogP contribution in [-0.2, 0) is 19.1 Å². The maximum absolute atomic E-state index is 12.3. The molecule has 0 saturated carbocycles. The van der Waals surface area contributed by atoms with Crippen LogP contribution < -0.4 is 0 Å². The molecule has 0 unspecified atom stereocenters. The third kappa shape index (κ3) is 1.73. The van der Waals surface area contributed by atoms with Crippen LogP contribution in [-0.4, -0.2) is 52.7 Å². The summed E-state index contributed by atoms with van der Waals surface area (Å²) in [6.45, 7) is 3.37. The minimum atomic E-state index is -1.82. The van der Waals surface area contributed by atoms with Crippen LogP contribution in [0.3, 0.4) is 0 Å². The van der Waals surface area contributed by atoms with Crippen LogP contribution in [0.2, 0.25) is 0 Å². The highest BCUT2D eigenvalue weighted by molar-refractivity contribution is 6.19. The number of allylic oxidation sites excluding steroid dienone is 1. The van der Waals surface area contributed by atoms with E-state index in [9.17, 15) is 19.2 Å². The van der Waals surface area contributed by atoms with Gasteiger partial charge in [0.15, 0.2) is 5.78 Å². The monoisotopic (exact) mass is 266 g/mol. The second kappa shape index (κ2) is 4.18. The molecule has 2 aliphatic heterocycles. The summed E-state index contributed by atoms with van der Waals surface area (Å²) in [7, 11) is 1.26. The molecule has 0 aromatic rings. The zero-order valence-corrected chi connectivity index (χ0v) is 10.9. The molecule has 0 bridgehead atoms. The lowest BCUT2D eigenvalue weighted by atomic mass is 10.0. The van der Waals surface area contributed by atoms with Crippen molar-refractivity contribution in [3.63, 3.8) is 0 Å². The van der Waals surface area contributed by atoms with Crippen molar-refractivity contribution in [2.24, 2.45) is 0 Å². The summed E-state index contributed by atoms with van der Waals surface area (Å²) in [5.74, 6) is -1.51. The summed E-state index contributed by atoms with van der Waals surface area (Å²) < 4.78 is 4.98. The summed E-state index contributed by atoms with van der Waals surface area (Å²) >= 11 is 0. The van der Waals surface area contributed by atoms with Crippen LogP contribution in [0.4, 0.5) is 4.79 Å². The topological polar surface area (TPSA) is 84.0 Å².